The minimum atomic E-state index is -1.78. The summed E-state index contributed by atoms with van der Waals surface area (Å²) in [5.74, 6) is -0.717. The third kappa shape index (κ3) is 3.11. The minimum Gasteiger partial charge on any atom is -0.497 e. The van der Waals surface area contributed by atoms with Crippen LogP contribution in [0.2, 0.25) is 0 Å². The Balaban J connectivity index is 2.32. The molecule has 0 aromatic heterocycles. The highest BCUT2D eigenvalue weighted by molar-refractivity contribution is 6.01. The van der Waals surface area contributed by atoms with E-state index in [0.717, 1.165) is 5.57 Å². The van der Waals surface area contributed by atoms with E-state index in [1.165, 1.54) is 7.11 Å². The predicted octanol–water partition coefficient (Wildman–Crippen LogP) is 3.26. The van der Waals surface area contributed by atoms with E-state index in [-0.39, 0.29) is 17.7 Å². The van der Waals surface area contributed by atoms with Gasteiger partial charge in [-0.15, -0.1) is 0 Å². The summed E-state index contributed by atoms with van der Waals surface area (Å²) in [5.41, 5.74) is -0.481. The van der Waals surface area contributed by atoms with Gasteiger partial charge in [0.15, 0.2) is 5.41 Å². The molecule has 2 aliphatic rings. The Morgan fingerprint density at radius 3 is 2.40 bits per heavy atom. The molecule has 30 heavy (non-hydrogen) atoms. The number of hydrogen-bond donors (Lipinski definition) is 1. The fourth-order valence-corrected chi connectivity index (χ4v) is 4.68. The first-order valence-electron chi connectivity index (χ1n) is 9.85. The number of nitriles is 3. The van der Waals surface area contributed by atoms with Crippen molar-refractivity contribution in [3.05, 3.63) is 35.4 Å². The van der Waals surface area contributed by atoms with Gasteiger partial charge in [0.2, 0.25) is 0 Å². The SMILES string of the molecule is COc1ccc(OC)c([C@H]2[C@H]3CN(C(C)C)CC=C3C(C#N)C(=N)C2(C#N)C#N)c1. The molecule has 1 unspecified atom stereocenters. The molecule has 0 bridgehead atoms. The van der Waals surface area contributed by atoms with Crippen LogP contribution in [0, 0.1) is 56.7 Å². The van der Waals surface area contributed by atoms with E-state index in [2.05, 4.69) is 37.0 Å². The van der Waals surface area contributed by atoms with Gasteiger partial charge in [0.25, 0.3) is 0 Å². The molecule has 0 amide bonds. The van der Waals surface area contributed by atoms with Crippen LogP contribution < -0.4 is 9.47 Å². The highest BCUT2D eigenvalue weighted by Crippen LogP contribution is 2.55. The number of nitrogens with zero attached hydrogens (tertiary/aromatic N) is 4. The number of methoxy groups -OCH3 is 2. The molecule has 7 heteroatoms. The van der Waals surface area contributed by atoms with E-state index >= 15 is 0 Å². The van der Waals surface area contributed by atoms with Crippen LogP contribution in [0.15, 0.2) is 29.8 Å². The highest BCUT2D eigenvalue weighted by Gasteiger charge is 2.58. The largest absolute Gasteiger partial charge is 0.497 e. The van der Waals surface area contributed by atoms with E-state index in [4.69, 9.17) is 14.9 Å². The molecule has 0 spiro atoms. The van der Waals surface area contributed by atoms with Crippen molar-refractivity contribution in [2.75, 3.05) is 27.3 Å². The Bertz CT molecular complexity index is 994. The second-order valence-corrected chi connectivity index (χ2v) is 7.95. The van der Waals surface area contributed by atoms with Gasteiger partial charge in [0.1, 0.15) is 17.4 Å². The lowest BCUT2D eigenvalue weighted by molar-refractivity contribution is 0.170. The molecule has 1 aromatic rings. The lowest BCUT2D eigenvalue weighted by atomic mass is 9.54. The van der Waals surface area contributed by atoms with Crippen molar-refractivity contribution in [3.8, 4) is 29.7 Å². The first kappa shape index (κ1) is 21.4. The molecule has 1 aromatic carbocycles. The molecular formula is C23H25N5O2. The summed E-state index contributed by atoms with van der Waals surface area (Å²) < 4.78 is 11.0. The summed E-state index contributed by atoms with van der Waals surface area (Å²) in [6, 6.07) is 12.0. The van der Waals surface area contributed by atoms with E-state index in [9.17, 15) is 15.8 Å². The van der Waals surface area contributed by atoms with Crippen molar-refractivity contribution in [1.29, 1.82) is 21.2 Å². The fraction of sp³-hybridized carbons (Fsp3) is 0.478. The number of hydrogen-bond acceptors (Lipinski definition) is 7. The van der Waals surface area contributed by atoms with Crippen LogP contribution in [0.1, 0.15) is 25.3 Å². The van der Waals surface area contributed by atoms with Gasteiger partial charge in [-0.1, -0.05) is 6.08 Å². The standard InChI is InChI=1S/C23H25N5O2/c1-14(2)28-8-7-16-18(10-24)22(27)23(12-25,13-26)21(19(16)11-28)17-9-15(29-3)5-6-20(17)30-4/h5-7,9,14,18-19,21,27H,8,11H2,1-4H3/t18?,19-,21-/m0/s1. The van der Waals surface area contributed by atoms with Crippen LogP contribution in [-0.4, -0.2) is 44.0 Å². The van der Waals surface area contributed by atoms with Crippen molar-refractivity contribution in [2.24, 2.45) is 17.3 Å². The molecule has 0 radical (unpaired) electrons. The van der Waals surface area contributed by atoms with Crippen LogP contribution in [0.4, 0.5) is 0 Å². The third-order valence-corrected chi connectivity index (χ3v) is 6.32. The zero-order chi connectivity index (χ0) is 22.1. The summed E-state index contributed by atoms with van der Waals surface area (Å²) in [6.07, 6.45) is 1.99. The van der Waals surface area contributed by atoms with Crippen LogP contribution >= 0.6 is 0 Å². The first-order chi connectivity index (χ1) is 14.4. The first-order valence-corrected chi connectivity index (χ1v) is 9.85. The summed E-state index contributed by atoms with van der Waals surface area (Å²) in [7, 11) is 3.09. The number of ether oxygens (including phenoxy) is 2. The molecule has 3 rings (SSSR count). The maximum atomic E-state index is 10.2. The minimum absolute atomic E-state index is 0.162. The maximum Gasteiger partial charge on any atom is 0.189 e. The van der Waals surface area contributed by atoms with Crippen molar-refractivity contribution in [1.82, 2.24) is 4.90 Å². The van der Waals surface area contributed by atoms with Gasteiger partial charge in [-0.2, -0.15) is 15.8 Å². The lowest BCUT2D eigenvalue weighted by Gasteiger charge is -2.48. The van der Waals surface area contributed by atoms with Gasteiger partial charge in [-0.05, 0) is 37.6 Å². The number of fused-ring (bicyclic) bond motifs is 1. The van der Waals surface area contributed by atoms with Gasteiger partial charge in [0.05, 0.1) is 38.1 Å². The molecule has 0 saturated heterocycles. The topological polar surface area (TPSA) is 117 Å². The summed E-state index contributed by atoms with van der Waals surface area (Å²) in [4.78, 5) is 2.25. The van der Waals surface area contributed by atoms with E-state index in [1.807, 2.05) is 6.08 Å². The Morgan fingerprint density at radius 2 is 1.87 bits per heavy atom. The zero-order valence-electron chi connectivity index (χ0n) is 17.6. The summed E-state index contributed by atoms with van der Waals surface area (Å²) >= 11 is 0. The number of nitrogens with one attached hydrogen (secondary N) is 1. The van der Waals surface area contributed by atoms with Crippen molar-refractivity contribution >= 4 is 5.71 Å². The van der Waals surface area contributed by atoms with Gasteiger partial charge in [-0.3, -0.25) is 4.90 Å². The van der Waals surface area contributed by atoms with E-state index < -0.39 is 17.3 Å². The average Bonchev–Trinajstić information content (AvgIpc) is 2.77. The predicted molar refractivity (Wildman–Crippen MR) is 111 cm³/mol. The Kier molecular flexibility index (Phi) is 5.83. The van der Waals surface area contributed by atoms with Gasteiger partial charge in [0, 0.05) is 36.5 Å². The van der Waals surface area contributed by atoms with Crippen LogP contribution in [0.3, 0.4) is 0 Å². The van der Waals surface area contributed by atoms with Crippen molar-refractivity contribution in [3.63, 3.8) is 0 Å². The molecule has 1 fully saturated rings. The van der Waals surface area contributed by atoms with Gasteiger partial charge >= 0.3 is 0 Å². The Hall–Kier alpha value is -3.34. The Morgan fingerprint density at radius 1 is 1.17 bits per heavy atom. The molecular weight excluding hydrogens is 378 g/mol. The number of benzene rings is 1. The molecule has 154 valence electrons. The van der Waals surface area contributed by atoms with Crippen molar-refractivity contribution in [2.45, 2.75) is 25.8 Å². The molecule has 1 aliphatic heterocycles. The normalized spacial score (nSPS) is 25.3. The molecule has 1 saturated carbocycles. The summed E-state index contributed by atoms with van der Waals surface area (Å²) in [6.45, 7) is 5.44. The number of rotatable bonds is 4. The van der Waals surface area contributed by atoms with Crippen LogP contribution in [-0.2, 0) is 0 Å². The van der Waals surface area contributed by atoms with E-state index in [1.54, 1.807) is 25.3 Å². The van der Waals surface area contributed by atoms with E-state index in [0.29, 0.717) is 30.2 Å². The second kappa shape index (κ2) is 8.19. The monoisotopic (exact) mass is 403 g/mol. The van der Waals surface area contributed by atoms with Crippen LogP contribution in [0.5, 0.6) is 11.5 Å². The third-order valence-electron chi connectivity index (χ3n) is 6.32. The average molecular weight is 403 g/mol. The van der Waals surface area contributed by atoms with Gasteiger partial charge < -0.3 is 14.9 Å². The van der Waals surface area contributed by atoms with Gasteiger partial charge in [-0.25, -0.2) is 0 Å². The molecule has 3 atom stereocenters. The fourth-order valence-electron chi connectivity index (χ4n) is 4.68. The van der Waals surface area contributed by atoms with Crippen molar-refractivity contribution < 1.29 is 9.47 Å². The molecule has 1 heterocycles. The second-order valence-electron chi connectivity index (χ2n) is 7.95. The molecule has 7 nitrogen and oxygen atoms in total. The Labute approximate surface area is 177 Å². The molecule has 1 N–H and O–H groups in total. The smallest absolute Gasteiger partial charge is 0.189 e. The summed E-state index contributed by atoms with van der Waals surface area (Å²) in [5, 5.41) is 38.9. The lowest BCUT2D eigenvalue weighted by Crippen LogP contribution is -2.53. The maximum absolute atomic E-state index is 10.2. The highest BCUT2D eigenvalue weighted by atomic mass is 16.5. The molecule has 1 aliphatic carbocycles. The zero-order valence-corrected chi connectivity index (χ0v) is 17.6. The van der Waals surface area contributed by atoms with Crippen LogP contribution in [0.25, 0.3) is 0 Å². The quantitative estimate of drug-likeness (QED) is 0.771.